The molecule has 3 atom stereocenters. The number of amides is 1. The third kappa shape index (κ3) is 3.97. The molecule has 0 unspecified atom stereocenters. The van der Waals surface area contributed by atoms with Crippen LogP contribution in [0.2, 0.25) is 0 Å². The van der Waals surface area contributed by atoms with E-state index in [0.29, 0.717) is 23.3 Å². The van der Waals surface area contributed by atoms with Gasteiger partial charge in [-0.25, -0.2) is 9.97 Å². The van der Waals surface area contributed by atoms with Crippen LogP contribution in [0.15, 0.2) is 42.6 Å². The predicted molar refractivity (Wildman–Crippen MR) is 113 cm³/mol. The van der Waals surface area contributed by atoms with Crippen LogP contribution in [0.3, 0.4) is 0 Å². The highest BCUT2D eigenvalue weighted by atomic mass is 32.1. The molecule has 2 aliphatic heterocycles. The van der Waals surface area contributed by atoms with Crippen LogP contribution in [0.1, 0.15) is 38.2 Å². The van der Waals surface area contributed by atoms with Crippen molar-refractivity contribution in [3.63, 3.8) is 0 Å². The number of nitrogens with zero attached hydrogens (tertiary/aromatic N) is 3. The molecular weight excluding hydrogens is 384 g/mol. The minimum atomic E-state index is 0.0855. The SMILES string of the molecule is CC(=O)N[C@H]1C[C@H]2CC[C@@H](C1)N2Cc1ccc(Oc2nc3cccnc3s2)cc1. The van der Waals surface area contributed by atoms with Gasteiger partial charge in [0.2, 0.25) is 5.91 Å². The minimum Gasteiger partial charge on any atom is -0.431 e. The summed E-state index contributed by atoms with van der Waals surface area (Å²) >= 11 is 1.46. The number of thiazole rings is 1. The maximum Gasteiger partial charge on any atom is 0.281 e. The van der Waals surface area contributed by atoms with Crippen molar-refractivity contribution in [2.45, 2.75) is 57.3 Å². The largest absolute Gasteiger partial charge is 0.431 e. The lowest BCUT2D eigenvalue weighted by Crippen LogP contribution is -2.49. The number of aromatic nitrogens is 2. The van der Waals surface area contributed by atoms with Crippen LogP contribution < -0.4 is 10.1 Å². The molecule has 2 fully saturated rings. The molecule has 7 heteroatoms. The van der Waals surface area contributed by atoms with Crippen molar-refractivity contribution >= 4 is 27.6 Å². The lowest BCUT2D eigenvalue weighted by molar-refractivity contribution is -0.120. The molecule has 0 radical (unpaired) electrons. The van der Waals surface area contributed by atoms with Gasteiger partial charge < -0.3 is 10.1 Å². The van der Waals surface area contributed by atoms with E-state index in [9.17, 15) is 4.79 Å². The molecule has 2 saturated heterocycles. The van der Waals surface area contributed by atoms with Crippen LogP contribution >= 0.6 is 11.3 Å². The molecule has 0 saturated carbocycles. The normalized spacial score (nSPS) is 24.0. The number of pyridine rings is 1. The number of ether oxygens (including phenoxy) is 1. The van der Waals surface area contributed by atoms with Crippen molar-refractivity contribution in [3.05, 3.63) is 48.2 Å². The van der Waals surface area contributed by atoms with Gasteiger partial charge in [-0.2, -0.15) is 0 Å². The second kappa shape index (κ2) is 7.72. The first kappa shape index (κ1) is 18.5. The van der Waals surface area contributed by atoms with Crippen LogP contribution in [-0.4, -0.2) is 38.9 Å². The van der Waals surface area contributed by atoms with E-state index in [1.54, 1.807) is 13.1 Å². The maximum atomic E-state index is 11.4. The third-order valence-electron chi connectivity index (χ3n) is 5.93. The zero-order valence-electron chi connectivity index (χ0n) is 16.4. The predicted octanol–water partition coefficient (Wildman–Crippen LogP) is 4.12. The summed E-state index contributed by atoms with van der Waals surface area (Å²) in [5, 5.41) is 3.73. The van der Waals surface area contributed by atoms with Crippen LogP contribution in [0.4, 0.5) is 0 Å². The number of rotatable bonds is 5. The number of hydrogen-bond donors (Lipinski definition) is 1. The summed E-state index contributed by atoms with van der Waals surface area (Å²) in [6, 6.07) is 13.6. The minimum absolute atomic E-state index is 0.0855. The van der Waals surface area contributed by atoms with E-state index in [-0.39, 0.29) is 5.91 Å². The van der Waals surface area contributed by atoms with Crippen LogP contribution in [0.5, 0.6) is 10.9 Å². The molecule has 1 amide bonds. The maximum absolute atomic E-state index is 11.4. The Kier molecular flexibility index (Phi) is 4.93. The monoisotopic (exact) mass is 408 g/mol. The molecule has 4 heterocycles. The number of carbonyl (C=O) groups is 1. The van der Waals surface area contributed by atoms with Gasteiger partial charge in [-0.3, -0.25) is 9.69 Å². The zero-order valence-corrected chi connectivity index (χ0v) is 17.2. The van der Waals surface area contributed by atoms with E-state index in [1.807, 2.05) is 24.3 Å². The second-order valence-electron chi connectivity index (χ2n) is 7.98. The summed E-state index contributed by atoms with van der Waals surface area (Å²) in [4.78, 5) is 23.7. The fourth-order valence-electron chi connectivity index (χ4n) is 4.71. The average Bonchev–Trinajstić information content (AvgIpc) is 3.20. The van der Waals surface area contributed by atoms with Gasteiger partial charge in [-0.15, -0.1) is 0 Å². The molecular formula is C22H24N4O2S. The molecule has 2 aromatic heterocycles. The quantitative estimate of drug-likeness (QED) is 0.688. The second-order valence-corrected chi connectivity index (χ2v) is 8.92. The Morgan fingerprint density at radius 1 is 1.21 bits per heavy atom. The van der Waals surface area contributed by atoms with Crippen LogP contribution in [0, 0.1) is 0 Å². The van der Waals surface area contributed by atoms with Crippen molar-refractivity contribution in [2.24, 2.45) is 0 Å². The van der Waals surface area contributed by atoms with E-state index in [4.69, 9.17) is 4.74 Å². The molecule has 0 spiro atoms. The molecule has 150 valence electrons. The van der Waals surface area contributed by atoms with Crippen molar-refractivity contribution in [3.8, 4) is 10.9 Å². The summed E-state index contributed by atoms with van der Waals surface area (Å²) in [5.74, 6) is 0.877. The van der Waals surface area contributed by atoms with Gasteiger partial charge in [0.15, 0.2) is 0 Å². The Bertz CT molecular complexity index is 972. The van der Waals surface area contributed by atoms with Gasteiger partial charge in [-0.1, -0.05) is 23.5 Å². The highest BCUT2D eigenvalue weighted by Crippen LogP contribution is 2.37. The van der Waals surface area contributed by atoms with E-state index >= 15 is 0 Å². The Morgan fingerprint density at radius 2 is 1.97 bits per heavy atom. The Labute approximate surface area is 173 Å². The van der Waals surface area contributed by atoms with Gasteiger partial charge in [0.25, 0.3) is 5.19 Å². The van der Waals surface area contributed by atoms with Gasteiger partial charge in [0, 0.05) is 37.8 Å². The topological polar surface area (TPSA) is 67.4 Å². The number of benzene rings is 1. The Balaban J connectivity index is 1.22. The van der Waals surface area contributed by atoms with E-state index in [2.05, 4.69) is 32.3 Å². The summed E-state index contributed by atoms with van der Waals surface area (Å²) in [6.45, 7) is 2.57. The van der Waals surface area contributed by atoms with Crippen LogP contribution in [-0.2, 0) is 11.3 Å². The molecule has 0 aliphatic carbocycles. The highest BCUT2D eigenvalue weighted by molar-refractivity contribution is 7.19. The summed E-state index contributed by atoms with van der Waals surface area (Å²) in [5.41, 5.74) is 2.15. The molecule has 2 aliphatic rings. The van der Waals surface area contributed by atoms with Crippen LogP contribution in [0.25, 0.3) is 10.3 Å². The van der Waals surface area contributed by atoms with E-state index < -0.39 is 0 Å². The first-order valence-electron chi connectivity index (χ1n) is 10.2. The summed E-state index contributed by atoms with van der Waals surface area (Å²) in [7, 11) is 0. The molecule has 2 bridgehead atoms. The summed E-state index contributed by atoms with van der Waals surface area (Å²) < 4.78 is 5.93. The number of nitrogens with one attached hydrogen (secondary N) is 1. The molecule has 6 nitrogen and oxygen atoms in total. The van der Waals surface area contributed by atoms with Crippen molar-refractivity contribution in [2.75, 3.05) is 0 Å². The van der Waals surface area contributed by atoms with Gasteiger partial charge in [0.1, 0.15) is 16.1 Å². The molecule has 29 heavy (non-hydrogen) atoms. The fraction of sp³-hybridized carbons (Fsp3) is 0.409. The average molecular weight is 409 g/mol. The molecule has 1 aromatic carbocycles. The fourth-order valence-corrected chi connectivity index (χ4v) is 5.48. The smallest absolute Gasteiger partial charge is 0.281 e. The Morgan fingerprint density at radius 3 is 2.66 bits per heavy atom. The van der Waals surface area contributed by atoms with Gasteiger partial charge >= 0.3 is 0 Å². The lowest BCUT2D eigenvalue weighted by Gasteiger charge is -2.39. The first-order chi connectivity index (χ1) is 14.1. The molecule has 1 N–H and O–H groups in total. The first-order valence-corrected chi connectivity index (χ1v) is 11.0. The molecule has 3 aromatic rings. The van der Waals surface area contributed by atoms with Gasteiger partial charge in [-0.05, 0) is 55.5 Å². The molecule has 5 rings (SSSR count). The van der Waals surface area contributed by atoms with Crippen molar-refractivity contribution in [1.29, 1.82) is 0 Å². The highest BCUT2D eigenvalue weighted by Gasteiger charge is 2.40. The number of carbonyl (C=O) groups excluding carboxylic acids is 1. The van der Waals surface area contributed by atoms with Gasteiger partial charge in [0.05, 0.1) is 0 Å². The lowest BCUT2D eigenvalue weighted by atomic mass is 9.96. The Hall–Kier alpha value is -2.51. The number of hydrogen-bond acceptors (Lipinski definition) is 6. The zero-order chi connectivity index (χ0) is 19.8. The van der Waals surface area contributed by atoms with E-state index in [1.165, 1.54) is 29.7 Å². The number of fused-ring (bicyclic) bond motifs is 3. The standard InChI is InChI=1S/C22H24N4O2S/c1-14(27)24-16-11-17-6-7-18(12-16)26(17)13-15-4-8-19(9-5-15)28-22-25-20-3-2-10-23-21(20)29-22/h2-5,8-10,16-18H,6-7,11-13H2,1H3,(H,24,27)/t16-,17+,18-. The number of piperidine rings is 1. The van der Waals surface area contributed by atoms with Crippen molar-refractivity contribution < 1.29 is 9.53 Å². The third-order valence-corrected chi connectivity index (χ3v) is 6.79. The van der Waals surface area contributed by atoms with Crippen molar-refractivity contribution in [1.82, 2.24) is 20.2 Å². The summed E-state index contributed by atoms with van der Waals surface area (Å²) in [6.07, 6.45) is 6.35. The van der Waals surface area contributed by atoms with E-state index in [0.717, 1.165) is 35.5 Å².